The molecule has 0 N–H and O–H groups in total. The van der Waals surface area contributed by atoms with E-state index in [9.17, 15) is 0 Å². The molecule has 0 heterocycles. The van der Waals surface area contributed by atoms with E-state index in [4.69, 9.17) is 9.47 Å². The summed E-state index contributed by atoms with van der Waals surface area (Å²) in [5.41, 5.74) is 0. The van der Waals surface area contributed by atoms with E-state index in [1.807, 2.05) is 0 Å². The lowest BCUT2D eigenvalue weighted by molar-refractivity contribution is -0.128. The Kier molecular flexibility index (Phi) is 9.23. The molecule has 0 rings (SSSR count). The predicted octanol–water partition coefficient (Wildman–Crippen LogP) is 3.50. The molecule has 0 spiro atoms. The van der Waals surface area contributed by atoms with Gasteiger partial charge in [0.25, 0.3) is 0 Å². The fourth-order valence-electron chi connectivity index (χ4n) is 0.909. The zero-order valence-corrected chi connectivity index (χ0v) is 10.8. The molecule has 0 aromatic heterocycles. The molecule has 0 aromatic carbocycles. The van der Waals surface area contributed by atoms with Gasteiger partial charge in [-0.2, -0.15) is 0 Å². The van der Waals surface area contributed by atoms with Crippen molar-refractivity contribution < 1.29 is 9.47 Å². The third-order valence-corrected chi connectivity index (χ3v) is 2.42. The van der Waals surface area contributed by atoms with Gasteiger partial charge in [-0.1, -0.05) is 48.6 Å². The molecule has 0 bridgehead atoms. The van der Waals surface area contributed by atoms with Crippen LogP contribution in [0.3, 0.4) is 0 Å². The second-order valence-corrected chi connectivity index (χ2v) is 4.12. The van der Waals surface area contributed by atoms with Crippen LogP contribution in [0.2, 0.25) is 0 Å². The van der Waals surface area contributed by atoms with E-state index in [0.717, 1.165) is 19.3 Å². The Morgan fingerprint density at radius 1 is 1.31 bits per heavy atom. The molecule has 0 saturated heterocycles. The Morgan fingerprint density at radius 3 is 2.46 bits per heavy atom. The summed E-state index contributed by atoms with van der Waals surface area (Å²) in [6.07, 6.45) is 7.19. The van der Waals surface area contributed by atoms with Crippen molar-refractivity contribution in [2.24, 2.45) is 0 Å². The highest BCUT2D eigenvalue weighted by Gasteiger charge is 2.09. The Labute approximate surface area is 94.8 Å². The van der Waals surface area contributed by atoms with Gasteiger partial charge in [0, 0.05) is 13.5 Å². The first-order valence-corrected chi connectivity index (χ1v) is 5.96. The lowest BCUT2D eigenvalue weighted by atomic mass is 10.3. The summed E-state index contributed by atoms with van der Waals surface area (Å²) in [5.74, 6) is 0. The topological polar surface area (TPSA) is 18.5 Å². The molecule has 2 unspecified atom stereocenters. The van der Waals surface area contributed by atoms with Crippen molar-refractivity contribution in [3.8, 4) is 0 Å². The van der Waals surface area contributed by atoms with Crippen LogP contribution in [0, 0.1) is 0 Å². The quantitative estimate of drug-likeness (QED) is 0.310. The van der Waals surface area contributed by atoms with Gasteiger partial charge in [0.15, 0.2) is 6.29 Å². The largest absolute Gasteiger partial charge is 0.356 e. The van der Waals surface area contributed by atoms with Crippen molar-refractivity contribution in [2.45, 2.75) is 43.5 Å². The highest BCUT2D eigenvalue weighted by molar-refractivity contribution is 14.1. The zero-order chi connectivity index (χ0) is 10.1. The highest BCUT2D eigenvalue weighted by atomic mass is 127. The molecule has 0 radical (unpaired) electrons. The number of alkyl halides is 1. The summed E-state index contributed by atoms with van der Waals surface area (Å²) in [4.78, 5) is 0. The Hall–Kier alpha value is 0.390. The van der Waals surface area contributed by atoms with E-state index in [-0.39, 0.29) is 10.4 Å². The highest BCUT2D eigenvalue weighted by Crippen LogP contribution is 2.13. The first kappa shape index (κ1) is 13.4. The third-order valence-electron chi connectivity index (χ3n) is 1.62. The Morgan fingerprint density at radius 2 is 2.00 bits per heavy atom. The fourth-order valence-corrected chi connectivity index (χ4v) is 1.53. The van der Waals surface area contributed by atoms with Crippen LogP contribution in [0.15, 0.2) is 12.2 Å². The monoisotopic (exact) mass is 298 g/mol. The lowest BCUT2D eigenvalue weighted by Gasteiger charge is -2.17. The molecule has 2 atom stereocenters. The lowest BCUT2D eigenvalue weighted by Crippen LogP contribution is -2.18. The van der Waals surface area contributed by atoms with Gasteiger partial charge in [0.05, 0.1) is 0 Å². The van der Waals surface area contributed by atoms with E-state index in [1.165, 1.54) is 0 Å². The molecular weight excluding hydrogens is 279 g/mol. The summed E-state index contributed by atoms with van der Waals surface area (Å²) in [5, 5.41) is 0. The Balaban J connectivity index is 3.59. The molecule has 0 fully saturated rings. The van der Waals surface area contributed by atoms with Gasteiger partial charge in [0.2, 0.25) is 0 Å². The normalized spacial score (nSPS) is 16.3. The van der Waals surface area contributed by atoms with E-state index < -0.39 is 0 Å². The number of halogens is 1. The van der Waals surface area contributed by atoms with Gasteiger partial charge < -0.3 is 9.47 Å². The van der Waals surface area contributed by atoms with Crippen LogP contribution in [-0.2, 0) is 9.47 Å². The molecule has 3 heteroatoms. The van der Waals surface area contributed by atoms with Crippen LogP contribution in [0.4, 0.5) is 0 Å². The molecule has 2 nitrogen and oxygen atoms in total. The average molecular weight is 298 g/mol. The maximum atomic E-state index is 5.61. The number of methoxy groups -OCH3 is 1. The van der Waals surface area contributed by atoms with E-state index in [2.05, 4.69) is 48.6 Å². The molecule has 13 heavy (non-hydrogen) atoms. The summed E-state index contributed by atoms with van der Waals surface area (Å²) in [6, 6.07) is 0. The van der Waals surface area contributed by atoms with Crippen LogP contribution in [0.25, 0.3) is 0 Å². The average Bonchev–Trinajstić information content (AvgIpc) is 2.14. The van der Waals surface area contributed by atoms with Crippen molar-refractivity contribution in [3.63, 3.8) is 0 Å². The minimum atomic E-state index is -0.0584. The van der Waals surface area contributed by atoms with Crippen molar-refractivity contribution in [1.82, 2.24) is 0 Å². The van der Waals surface area contributed by atoms with Gasteiger partial charge in [-0.3, -0.25) is 0 Å². The molecule has 0 aliphatic carbocycles. The SMILES string of the molecule is CCC=CCC(I)OC(CC)OC. The third kappa shape index (κ3) is 7.46. The van der Waals surface area contributed by atoms with Crippen molar-refractivity contribution in [1.29, 1.82) is 0 Å². The van der Waals surface area contributed by atoms with Crippen LogP contribution in [-0.4, -0.2) is 17.5 Å². The number of rotatable bonds is 7. The molecule has 0 aliphatic heterocycles. The van der Waals surface area contributed by atoms with Gasteiger partial charge >= 0.3 is 0 Å². The van der Waals surface area contributed by atoms with Gasteiger partial charge in [0.1, 0.15) is 4.11 Å². The Bertz CT molecular complexity index is 133. The van der Waals surface area contributed by atoms with Gasteiger partial charge in [-0.25, -0.2) is 0 Å². The zero-order valence-electron chi connectivity index (χ0n) is 8.63. The maximum absolute atomic E-state index is 5.61. The predicted molar refractivity (Wildman–Crippen MR) is 64.0 cm³/mol. The number of allylic oxidation sites excluding steroid dienone is 1. The smallest absolute Gasteiger partial charge is 0.158 e. The molecular formula is C10H19IO2. The molecule has 0 aromatic rings. The van der Waals surface area contributed by atoms with Crippen LogP contribution >= 0.6 is 22.6 Å². The minimum absolute atomic E-state index is 0.0584. The molecule has 0 amide bonds. The van der Waals surface area contributed by atoms with E-state index in [1.54, 1.807) is 7.11 Å². The van der Waals surface area contributed by atoms with Crippen molar-refractivity contribution in [3.05, 3.63) is 12.2 Å². The molecule has 78 valence electrons. The van der Waals surface area contributed by atoms with Crippen LogP contribution in [0.5, 0.6) is 0 Å². The maximum Gasteiger partial charge on any atom is 0.158 e. The van der Waals surface area contributed by atoms with E-state index in [0.29, 0.717) is 0 Å². The first-order chi connectivity index (χ1) is 6.24. The number of ether oxygens (including phenoxy) is 2. The van der Waals surface area contributed by atoms with Gasteiger partial charge in [-0.15, -0.1) is 0 Å². The second-order valence-electron chi connectivity index (χ2n) is 2.74. The number of hydrogen-bond donors (Lipinski definition) is 0. The standard InChI is InChI=1S/C10H19IO2/c1-4-6-7-8-9(11)13-10(5-2)12-3/h6-7,9-10H,4-5,8H2,1-3H3. The second kappa shape index (κ2) is 8.97. The number of hydrogen-bond acceptors (Lipinski definition) is 2. The molecule has 0 aliphatic rings. The van der Waals surface area contributed by atoms with E-state index >= 15 is 0 Å². The summed E-state index contributed by atoms with van der Waals surface area (Å²) < 4.78 is 10.9. The molecule has 0 saturated carbocycles. The van der Waals surface area contributed by atoms with Crippen LogP contribution < -0.4 is 0 Å². The summed E-state index contributed by atoms with van der Waals surface area (Å²) in [6.45, 7) is 4.18. The summed E-state index contributed by atoms with van der Waals surface area (Å²) in [7, 11) is 1.68. The summed E-state index contributed by atoms with van der Waals surface area (Å²) >= 11 is 2.29. The van der Waals surface area contributed by atoms with Crippen molar-refractivity contribution in [2.75, 3.05) is 7.11 Å². The minimum Gasteiger partial charge on any atom is -0.356 e. The first-order valence-electron chi connectivity index (χ1n) is 4.71. The van der Waals surface area contributed by atoms with Crippen molar-refractivity contribution >= 4 is 22.6 Å². The fraction of sp³-hybridized carbons (Fsp3) is 0.800. The van der Waals surface area contributed by atoms with Crippen LogP contribution in [0.1, 0.15) is 33.1 Å². The van der Waals surface area contributed by atoms with Gasteiger partial charge in [-0.05, 0) is 12.8 Å².